The Morgan fingerprint density at radius 3 is 2.69 bits per heavy atom. The second-order valence-electron chi connectivity index (χ2n) is 3.33. The van der Waals surface area contributed by atoms with E-state index >= 15 is 0 Å². The van der Waals surface area contributed by atoms with Crippen LogP contribution in [0.4, 0.5) is 0 Å². The summed E-state index contributed by atoms with van der Waals surface area (Å²) in [6, 6.07) is 13.8. The van der Waals surface area contributed by atoms with E-state index in [2.05, 4.69) is 0 Å². The number of hydrogen-bond donors (Lipinski definition) is 2. The number of furan rings is 1. The summed E-state index contributed by atoms with van der Waals surface area (Å²) in [5.74, 6) is 1.62. The maximum atomic E-state index is 8.40. The predicted molar refractivity (Wildman–Crippen MR) is 63.0 cm³/mol. The molecule has 0 saturated carbocycles. The summed E-state index contributed by atoms with van der Waals surface area (Å²) < 4.78 is 5.62. The van der Waals surface area contributed by atoms with Gasteiger partial charge in [-0.25, -0.2) is 5.48 Å². The molecule has 0 fully saturated rings. The van der Waals surface area contributed by atoms with Gasteiger partial charge in [0.25, 0.3) is 0 Å². The third-order valence-corrected chi connectivity index (χ3v) is 2.18. The summed E-state index contributed by atoms with van der Waals surface area (Å²) >= 11 is 0. The van der Waals surface area contributed by atoms with Gasteiger partial charge in [-0.2, -0.15) is 0 Å². The molecule has 0 bridgehead atoms. The van der Waals surface area contributed by atoms with Crippen molar-refractivity contribution in [3.63, 3.8) is 0 Å². The van der Waals surface area contributed by atoms with Crippen molar-refractivity contribution in [3.05, 3.63) is 54.3 Å². The monoisotopic (exact) mass is 215 g/mol. The Morgan fingerprint density at radius 2 is 1.94 bits per heavy atom. The quantitative estimate of drug-likeness (QED) is 0.771. The number of hydrogen-bond acceptors (Lipinski definition) is 3. The standard InChI is InChI=1S/C13H13NO2/c15-14-10-4-7-12-8-9-13(16-12)11-5-2-1-3-6-11/h1-9,14-15H,10H2/b7-4+. The number of hydroxylamine groups is 1. The first-order chi connectivity index (χ1) is 7.90. The Labute approximate surface area is 94.0 Å². The minimum atomic E-state index is 0.404. The van der Waals surface area contributed by atoms with E-state index in [4.69, 9.17) is 9.62 Å². The van der Waals surface area contributed by atoms with Gasteiger partial charge in [0.05, 0.1) is 0 Å². The van der Waals surface area contributed by atoms with Crippen LogP contribution in [-0.2, 0) is 0 Å². The van der Waals surface area contributed by atoms with Crippen molar-refractivity contribution in [1.29, 1.82) is 0 Å². The van der Waals surface area contributed by atoms with Gasteiger partial charge in [0, 0.05) is 12.1 Å². The minimum Gasteiger partial charge on any atom is -0.457 e. The molecular weight excluding hydrogens is 202 g/mol. The average Bonchev–Trinajstić information content (AvgIpc) is 2.79. The van der Waals surface area contributed by atoms with Crippen molar-refractivity contribution >= 4 is 6.08 Å². The molecular formula is C13H13NO2. The van der Waals surface area contributed by atoms with Crippen LogP contribution < -0.4 is 5.48 Å². The summed E-state index contributed by atoms with van der Waals surface area (Å²) in [6.45, 7) is 0.404. The zero-order chi connectivity index (χ0) is 11.2. The number of benzene rings is 1. The van der Waals surface area contributed by atoms with Crippen LogP contribution in [0.5, 0.6) is 0 Å². The van der Waals surface area contributed by atoms with Crippen molar-refractivity contribution < 1.29 is 9.62 Å². The Hall–Kier alpha value is -1.84. The van der Waals surface area contributed by atoms with Crippen molar-refractivity contribution in [1.82, 2.24) is 5.48 Å². The lowest BCUT2D eigenvalue weighted by Crippen LogP contribution is -2.04. The summed E-state index contributed by atoms with van der Waals surface area (Å²) in [5, 5.41) is 8.40. The Bertz CT molecular complexity index is 460. The van der Waals surface area contributed by atoms with E-state index in [0.29, 0.717) is 6.54 Å². The van der Waals surface area contributed by atoms with Crippen LogP contribution in [0.1, 0.15) is 5.76 Å². The topological polar surface area (TPSA) is 45.4 Å². The first kappa shape index (κ1) is 10.7. The van der Waals surface area contributed by atoms with Crippen LogP contribution in [0.15, 0.2) is 53.0 Å². The van der Waals surface area contributed by atoms with Gasteiger partial charge in [-0.15, -0.1) is 0 Å². The van der Waals surface area contributed by atoms with Gasteiger partial charge in [0.2, 0.25) is 0 Å². The fraction of sp³-hybridized carbons (Fsp3) is 0.0769. The molecule has 2 rings (SSSR count). The maximum Gasteiger partial charge on any atom is 0.134 e. The highest BCUT2D eigenvalue weighted by molar-refractivity contribution is 5.59. The van der Waals surface area contributed by atoms with E-state index in [1.807, 2.05) is 54.0 Å². The summed E-state index contributed by atoms with van der Waals surface area (Å²) in [5.41, 5.74) is 3.11. The fourth-order valence-corrected chi connectivity index (χ4v) is 1.43. The van der Waals surface area contributed by atoms with Crippen LogP contribution in [0.2, 0.25) is 0 Å². The third-order valence-electron chi connectivity index (χ3n) is 2.18. The van der Waals surface area contributed by atoms with E-state index in [-0.39, 0.29) is 0 Å². The third kappa shape index (κ3) is 2.59. The van der Waals surface area contributed by atoms with Gasteiger partial charge in [-0.3, -0.25) is 0 Å². The van der Waals surface area contributed by atoms with Gasteiger partial charge < -0.3 is 9.62 Å². The zero-order valence-electron chi connectivity index (χ0n) is 8.76. The van der Waals surface area contributed by atoms with Gasteiger partial charge in [-0.05, 0) is 18.2 Å². The second kappa shape index (κ2) is 5.30. The highest BCUT2D eigenvalue weighted by Crippen LogP contribution is 2.22. The molecule has 0 aliphatic carbocycles. The molecule has 1 aromatic heterocycles. The van der Waals surface area contributed by atoms with Crippen molar-refractivity contribution in [2.75, 3.05) is 6.54 Å². The van der Waals surface area contributed by atoms with Crippen LogP contribution in [-0.4, -0.2) is 11.8 Å². The van der Waals surface area contributed by atoms with E-state index in [9.17, 15) is 0 Å². The molecule has 0 radical (unpaired) electrons. The summed E-state index contributed by atoms with van der Waals surface area (Å²) in [7, 11) is 0. The van der Waals surface area contributed by atoms with Gasteiger partial charge in [-0.1, -0.05) is 36.4 Å². The molecule has 2 aromatic rings. The molecule has 0 amide bonds. The maximum absolute atomic E-state index is 8.40. The second-order valence-corrected chi connectivity index (χ2v) is 3.33. The normalized spacial score (nSPS) is 11.1. The van der Waals surface area contributed by atoms with Crippen molar-refractivity contribution in [2.24, 2.45) is 0 Å². The SMILES string of the molecule is ONC/C=C/c1ccc(-c2ccccc2)o1. The molecule has 0 spiro atoms. The molecule has 0 aliphatic heterocycles. The highest BCUT2D eigenvalue weighted by atomic mass is 16.5. The molecule has 2 N–H and O–H groups in total. The van der Waals surface area contributed by atoms with Crippen LogP contribution >= 0.6 is 0 Å². The molecule has 1 aromatic carbocycles. The van der Waals surface area contributed by atoms with E-state index < -0.39 is 0 Å². The van der Waals surface area contributed by atoms with Crippen molar-refractivity contribution in [2.45, 2.75) is 0 Å². The van der Waals surface area contributed by atoms with Crippen LogP contribution in [0, 0.1) is 0 Å². The fourth-order valence-electron chi connectivity index (χ4n) is 1.43. The average molecular weight is 215 g/mol. The predicted octanol–water partition coefficient (Wildman–Crippen LogP) is 2.94. The molecule has 0 unspecified atom stereocenters. The molecule has 0 atom stereocenters. The lowest BCUT2D eigenvalue weighted by Gasteiger charge is -1.94. The van der Waals surface area contributed by atoms with E-state index in [1.54, 1.807) is 6.08 Å². The smallest absolute Gasteiger partial charge is 0.134 e. The first-order valence-corrected chi connectivity index (χ1v) is 5.09. The Balaban J connectivity index is 2.14. The Morgan fingerprint density at radius 1 is 1.12 bits per heavy atom. The van der Waals surface area contributed by atoms with Crippen molar-refractivity contribution in [3.8, 4) is 11.3 Å². The van der Waals surface area contributed by atoms with Crippen LogP contribution in [0.25, 0.3) is 17.4 Å². The van der Waals surface area contributed by atoms with E-state index in [0.717, 1.165) is 17.1 Å². The number of rotatable bonds is 4. The zero-order valence-corrected chi connectivity index (χ0v) is 8.76. The molecule has 0 saturated heterocycles. The minimum absolute atomic E-state index is 0.404. The summed E-state index contributed by atoms with van der Waals surface area (Å²) in [4.78, 5) is 0. The lowest BCUT2D eigenvalue weighted by atomic mass is 10.2. The molecule has 82 valence electrons. The molecule has 3 heteroatoms. The molecule has 3 nitrogen and oxygen atoms in total. The van der Waals surface area contributed by atoms with E-state index in [1.165, 1.54) is 0 Å². The van der Waals surface area contributed by atoms with Crippen LogP contribution in [0.3, 0.4) is 0 Å². The number of nitrogens with one attached hydrogen (secondary N) is 1. The van der Waals surface area contributed by atoms with Gasteiger partial charge >= 0.3 is 0 Å². The molecule has 1 heterocycles. The largest absolute Gasteiger partial charge is 0.457 e. The highest BCUT2D eigenvalue weighted by Gasteiger charge is 2.01. The Kier molecular flexibility index (Phi) is 3.53. The summed E-state index contributed by atoms with van der Waals surface area (Å²) in [6.07, 6.45) is 3.60. The lowest BCUT2D eigenvalue weighted by molar-refractivity contribution is 0.180. The molecule has 16 heavy (non-hydrogen) atoms. The molecule has 0 aliphatic rings. The van der Waals surface area contributed by atoms with Gasteiger partial charge in [0.15, 0.2) is 0 Å². The van der Waals surface area contributed by atoms with Gasteiger partial charge in [0.1, 0.15) is 11.5 Å². The first-order valence-electron chi connectivity index (χ1n) is 5.09.